The molecule has 17 heavy (non-hydrogen) atoms. The molecular formula is C15H22FN. The Balaban J connectivity index is 1.94. The van der Waals surface area contributed by atoms with Crippen LogP contribution in [0.4, 0.5) is 4.39 Å². The minimum atomic E-state index is -0.103. The highest BCUT2D eigenvalue weighted by Gasteiger charge is 2.25. The summed E-state index contributed by atoms with van der Waals surface area (Å²) in [6.07, 6.45) is 5.13. The largest absolute Gasteiger partial charge is 0.307 e. The Bertz CT molecular complexity index is 360. The third-order valence-electron chi connectivity index (χ3n) is 3.67. The van der Waals surface area contributed by atoms with Crippen molar-refractivity contribution < 1.29 is 4.39 Å². The van der Waals surface area contributed by atoms with E-state index in [4.69, 9.17) is 0 Å². The minimum Gasteiger partial charge on any atom is -0.307 e. The van der Waals surface area contributed by atoms with Gasteiger partial charge in [0.2, 0.25) is 0 Å². The second-order valence-corrected chi connectivity index (χ2v) is 5.19. The molecule has 0 bridgehead atoms. The molecule has 0 aliphatic heterocycles. The van der Waals surface area contributed by atoms with Crippen LogP contribution >= 0.6 is 0 Å². The Morgan fingerprint density at radius 2 is 2.06 bits per heavy atom. The van der Waals surface area contributed by atoms with Crippen LogP contribution in [0.15, 0.2) is 24.3 Å². The lowest BCUT2D eigenvalue weighted by molar-refractivity contribution is 0.397. The molecule has 1 aromatic carbocycles. The lowest BCUT2D eigenvalue weighted by Gasteiger charge is -2.23. The molecule has 2 atom stereocenters. The molecule has 1 N–H and O–H groups in total. The zero-order valence-electron chi connectivity index (χ0n) is 10.7. The number of halogens is 1. The Morgan fingerprint density at radius 3 is 2.65 bits per heavy atom. The van der Waals surface area contributed by atoms with Crippen LogP contribution in [0, 0.1) is 11.7 Å². The molecule has 1 saturated carbocycles. The predicted molar refractivity (Wildman–Crippen MR) is 69.4 cm³/mol. The van der Waals surface area contributed by atoms with E-state index in [9.17, 15) is 4.39 Å². The summed E-state index contributed by atoms with van der Waals surface area (Å²) in [5.74, 6) is 0.814. The van der Waals surface area contributed by atoms with Crippen LogP contribution in [0.2, 0.25) is 0 Å². The second-order valence-electron chi connectivity index (χ2n) is 5.19. The van der Waals surface area contributed by atoms with E-state index in [-0.39, 0.29) is 11.9 Å². The van der Waals surface area contributed by atoms with Gasteiger partial charge in [-0.3, -0.25) is 0 Å². The van der Waals surface area contributed by atoms with E-state index in [1.54, 1.807) is 6.07 Å². The fraction of sp³-hybridized carbons (Fsp3) is 0.600. The summed E-state index contributed by atoms with van der Waals surface area (Å²) in [5.41, 5.74) is 0.779. The van der Waals surface area contributed by atoms with Crippen molar-refractivity contribution in [1.29, 1.82) is 0 Å². The highest BCUT2D eigenvalue weighted by atomic mass is 19.1. The van der Waals surface area contributed by atoms with Crippen LogP contribution in [-0.2, 0) is 0 Å². The average molecular weight is 235 g/mol. The van der Waals surface area contributed by atoms with Crippen LogP contribution in [0.25, 0.3) is 0 Å². The molecule has 0 heterocycles. The minimum absolute atomic E-state index is 0.0971. The van der Waals surface area contributed by atoms with Crippen molar-refractivity contribution in [2.75, 3.05) is 0 Å². The quantitative estimate of drug-likeness (QED) is 0.784. The van der Waals surface area contributed by atoms with Crippen molar-refractivity contribution in [3.8, 4) is 0 Å². The zero-order chi connectivity index (χ0) is 12.3. The fourth-order valence-electron chi connectivity index (χ4n) is 2.38. The van der Waals surface area contributed by atoms with E-state index in [2.05, 4.69) is 12.2 Å². The highest BCUT2D eigenvalue weighted by molar-refractivity contribution is 5.20. The lowest BCUT2D eigenvalue weighted by Crippen LogP contribution is -2.31. The first kappa shape index (κ1) is 12.6. The third kappa shape index (κ3) is 3.53. The fourth-order valence-corrected chi connectivity index (χ4v) is 2.38. The maximum Gasteiger partial charge on any atom is 0.127 e. The predicted octanol–water partition coefficient (Wildman–Crippen LogP) is 4.06. The molecule has 0 spiro atoms. The molecule has 2 rings (SSSR count). The van der Waals surface area contributed by atoms with Gasteiger partial charge in [-0.1, -0.05) is 38.0 Å². The summed E-state index contributed by atoms with van der Waals surface area (Å²) < 4.78 is 13.6. The third-order valence-corrected chi connectivity index (χ3v) is 3.67. The summed E-state index contributed by atoms with van der Waals surface area (Å²) in [6, 6.07) is 7.68. The molecule has 2 unspecified atom stereocenters. The number of benzene rings is 1. The number of hydrogen-bond acceptors (Lipinski definition) is 1. The molecular weight excluding hydrogens is 213 g/mol. The van der Waals surface area contributed by atoms with Crippen LogP contribution < -0.4 is 5.32 Å². The molecule has 2 heteroatoms. The van der Waals surface area contributed by atoms with E-state index in [0.29, 0.717) is 6.04 Å². The van der Waals surface area contributed by atoms with Crippen molar-refractivity contribution in [2.24, 2.45) is 5.92 Å². The van der Waals surface area contributed by atoms with Crippen LogP contribution in [0.1, 0.15) is 51.1 Å². The van der Waals surface area contributed by atoms with Gasteiger partial charge in [-0.2, -0.15) is 0 Å². The van der Waals surface area contributed by atoms with Gasteiger partial charge in [-0.15, -0.1) is 0 Å². The Labute approximate surface area is 103 Å². The van der Waals surface area contributed by atoms with Gasteiger partial charge in [0.15, 0.2) is 0 Å². The molecule has 1 aromatic rings. The van der Waals surface area contributed by atoms with E-state index in [1.165, 1.54) is 25.3 Å². The molecule has 1 aliphatic carbocycles. The lowest BCUT2D eigenvalue weighted by atomic mass is 10.0. The van der Waals surface area contributed by atoms with Gasteiger partial charge in [-0.25, -0.2) is 4.39 Å². The molecule has 1 aliphatic rings. The monoisotopic (exact) mass is 235 g/mol. The molecule has 94 valence electrons. The topological polar surface area (TPSA) is 12.0 Å². The maximum atomic E-state index is 13.6. The summed E-state index contributed by atoms with van der Waals surface area (Å²) >= 11 is 0. The van der Waals surface area contributed by atoms with E-state index < -0.39 is 0 Å². The first-order valence-corrected chi connectivity index (χ1v) is 6.71. The van der Waals surface area contributed by atoms with Crippen LogP contribution in [0.5, 0.6) is 0 Å². The molecule has 0 radical (unpaired) electrons. The SMILES string of the molecule is CCC(CC1CC1)NC(C)c1ccccc1F. The normalized spacial score (nSPS) is 19.0. The summed E-state index contributed by atoms with van der Waals surface area (Å²) in [5, 5.41) is 3.56. The zero-order valence-corrected chi connectivity index (χ0v) is 10.7. The molecule has 0 aromatic heterocycles. The average Bonchev–Trinajstić information content (AvgIpc) is 3.12. The molecule has 1 nitrogen and oxygen atoms in total. The van der Waals surface area contributed by atoms with Crippen molar-refractivity contribution in [3.63, 3.8) is 0 Å². The summed E-state index contributed by atoms with van der Waals surface area (Å²) in [6.45, 7) is 4.25. The van der Waals surface area contributed by atoms with E-state index in [1.807, 2.05) is 19.1 Å². The maximum absolute atomic E-state index is 13.6. The van der Waals surface area contributed by atoms with Crippen LogP contribution in [-0.4, -0.2) is 6.04 Å². The van der Waals surface area contributed by atoms with Gasteiger partial charge in [0.25, 0.3) is 0 Å². The van der Waals surface area contributed by atoms with E-state index in [0.717, 1.165) is 17.9 Å². The van der Waals surface area contributed by atoms with Gasteiger partial charge in [0, 0.05) is 17.6 Å². The molecule has 0 amide bonds. The Kier molecular flexibility index (Phi) is 4.16. The number of nitrogens with one attached hydrogen (secondary N) is 1. The van der Waals surface area contributed by atoms with Crippen molar-refractivity contribution in [2.45, 2.75) is 51.6 Å². The van der Waals surface area contributed by atoms with Gasteiger partial charge >= 0.3 is 0 Å². The Hall–Kier alpha value is -0.890. The summed E-state index contributed by atoms with van der Waals surface area (Å²) in [4.78, 5) is 0. The van der Waals surface area contributed by atoms with Crippen molar-refractivity contribution in [3.05, 3.63) is 35.6 Å². The number of rotatable bonds is 6. The van der Waals surface area contributed by atoms with Crippen molar-refractivity contribution >= 4 is 0 Å². The molecule has 0 saturated heterocycles. The van der Waals surface area contributed by atoms with Gasteiger partial charge in [0.1, 0.15) is 5.82 Å². The van der Waals surface area contributed by atoms with E-state index >= 15 is 0 Å². The smallest absolute Gasteiger partial charge is 0.127 e. The highest BCUT2D eigenvalue weighted by Crippen LogP contribution is 2.34. The first-order chi connectivity index (χ1) is 8.20. The summed E-state index contributed by atoms with van der Waals surface area (Å²) in [7, 11) is 0. The van der Waals surface area contributed by atoms with Gasteiger partial charge in [0.05, 0.1) is 0 Å². The standard InChI is InChI=1S/C15H22FN/c1-3-13(10-12-8-9-12)17-11(2)14-6-4-5-7-15(14)16/h4-7,11-13,17H,3,8-10H2,1-2H3. The van der Waals surface area contributed by atoms with Gasteiger partial charge in [-0.05, 0) is 31.7 Å². The van der Waals surface area contributed by atoms with Crippen LogP contribution in [0.3, 0.4) is 0 Å². The van der Waals surface area contributed by atoms with Crippen molar-refractivity contribution in [1.82, 2.24) is 5.32 Å². The van der Waals surface area contributed by atoms with Gasteiger partial charge < -0.3 is 5.32 Å². The number of hydrogen-bond donors (Lipinski definition) is 1. The molecule has 1 fully saturated rings. The first-order valence-electron chi connectivity index (χ1n) is 6.71. The second kappa shape index (κ2) is 5.63. The Morgan fingerprint density at radius 1 is 1.35 bits per heavy atom.